The predicted molar refractivity (Wildman–Crippen MR) is 89.6 cm³/mol. The fourth-order valence-corrected chi connectivity index (χ4v) is 2.67. The van der Waals surface area contributed by atoms with Gasteiger partial charge in [-0.2, -0.15) is 39.5 Å². The highest BCUT2D eigenvalue weighted by molar-refractivity contribution is 6.34. The fraction of sp³-hybridized carbons (Fsp3) is 0.200. The summed E-state index contributed by atoms with van der Waals surface area (Å²) in [6, 6.07) is -0.163. The molecule has 1 heterocycles. The van der Waals surface area contributed by atoms with Crippen molar-refractivity contribution in [2.24, 2.45) is 0 Å². The van der Waals surface area contributed by atoms with Crippen LogP contribution in [0.1, 0.15) is 16.8 Å². The average molecular weight is 486 g/mol. The van der Waals surface area contributed by atoms with Crippen molar-refractivity contribution in [2.45, 2.75) is 18.5 Å². The normalized spacial score (nSPS) is 12.8. The number of halogens is 11. The Hall–Kier alpha value is -2.41. The Balaban J connectivity index is 2.81. The van der Waals surface area contributed by atoms with E-state index in [0.29, 0.717) is 6.20 Å². The highest BCUT2D eigenvalue weighted by Gasteiger charge is 2.40. The Morgan fingerprint density at radius 1 is 0.933 bits per heavy atom. The summed E-state index contributed by atoms with van der Waals surface area (Å²) in [5.74, 6) is -1.12. The van der Waals surface area contributed by atoms with Gasteiger partial charge in [0.05, 0.1) is 21.8 Å². The first-order valence-electron chi connectivity index (χ1n) is 7.25. The summed E-state index contributed by atoms with van der Waals surface area (Å²) in [6.45, 7) is 3.11. The highest BCUT2D eigenvalue weighted by Crippen LogP contribution is 2.43. The molecule has 15 heteroatoms. The molecule has 0 amide bonds. The lowest BCUT2D eigenvalue weighted by Gasteiger charge is -2.19. The Morgan fingerprint density at radius 2 is 1.50 bits per heavy atom. The van der Waals surface area contributed by atoms with Crippen LogP contribution in [0.4, 0.5) is 51.1 Å². The maximum Gasteiger partial charge on any atom is 0.435 e. The number of nitrogens with one attached hydrogen (secondary N) is 1. The minimum atomic E-state index is -5.34. The first-order chi connectivity index (χ1) is 13.5. The van der Waals surface area contributed by atoms with Crippen LogP contribution in [0, 0.1) is 0 Å². The van der Waals surface area contributed by atoms with Crippen molar-refractivity contribution < 1.29 is 39.5 Å². The lowest BCUT2D eigenvalue weighted by atomic mass is 10.1. The van der Waals surface area contributed by atoms with Crippen molar-refractivity contribution in [1.82, 2.24) is 9.55 Å². The summed E-state index contributed by atoms with van der Waals surface area (Å²) in [7, 11) is 0. The van der Waals surface area contributed by atoms with Crippen LogP contribution in [0.15, 0.2) is 23.5 Å². The second-order valence-corrected chi connectivity index (χ2v) is 6.22. The van der Waals surface area contributed by atoms with E-state index >= 15 is 0 Å². The van der Waals surface area contributed by atoms with E-state index in [-0.39, 0.29) is 16.7 Å². The third-order valence-corrected chi connectivity index (χ3v) is 4.21. The molecule has 30 heavy (non-hydrogen) atoms. The first kappa shape index (κ1) is 23.9. The summed E-state index contributed by atoms with van der Waals surface area (Å²) in [6.07, 6.45) is -15.3. The van der Waals surface area contributed by atoms with E-state index in [1.807, 2.05) is 0 Å². The van der Waals surface area contributed by atoms with Gasteiger partial charge in [-0.15, -0.1) is 0 Å². The van der Waals surface area contributed by atoms with Gasteiger partial charge in [0.2, 0.25) is 5.95 Å². The third-order valence-electron chi connectivity index (χ3n) is 3.46. The molecule has 0 radical (unpaired) electrons. The zero-order valence-corrected chi connectivity index (χ0v) is 15.4. The molecule has 0 aliphatic rings. The second-order valence-electron chi connectivity index (χ2n) is 5.46. The van der Waals surface area contributed by atoms with Crippen LogP contribution in [0.3, 0.4) is 0 Å². The minimum Gasteiger partial charge on any atom is -0.324 e. The molecule has 4 nitrogen and oxygen atoms in total. The Kier molecular flexibility index (Phi) is 6.12. The van der Waals surface area contributed by atoms with Gasteiger partial charge < -0.3 is 5.32 Å². The topological polar surface area (TPSA) is 46.9 Å². The van der Waals surface area contributed by atoms with Crippen molar-refractivity contribution in [3.05, 3.63) is 55.9 Å². The molecular weight excluding hydrogens is 480 g/mol. The highest BCUT2D eigenvalue weighted by atomic mass is 35.5. The van der Waals surface area contributed by atoms with E-state index in [0.717, 1.165) is 0 Å². The van der Waals surface area contributed by atoms with E-state index in [2.05, 4.69) is 11.6 Å². The van der Waals surface area contributed by atoms with Gasteiger partial charge in [-0.1, -0.05) is 29.8 Å². The molecule has 1 aromatic carbocycles. The summed E-state index contributed by atoms with van der Waals surface area (Å²) >= 11 is 10.8. The van der Waals surface area contributed by atoms with E-state index in [4.69, 9.17) is 23.2 Å². The SMILES string of the molecule is C=Cn1c(Nc2cc(C(F)(F)F)cc(C(F)(F)F)c2Cl)nc(C(F)(F)F)c(Cl)c1=O. The van der Waals surface area contributed by atoms with Gasteiger partial charge in [-0.05, 0) is 12.1 Å². The average Bonchev–Trinajstić information content (AvgIpc) is 2.56. The van der Waals surface area contributed by atoms with Crippen LogP contribution in [0.25, 0.3) is 6.20 Å². The minimum absolute atomic E-state index is 0.110. The number of nitrogens with zero attached hydrogens (tertiary/aromatic N) is 2. The molecule has 0 aliphatic carbocycles. The lowest BCUT2D eigenvalue weighted by molar-refractivity contribution is -0.143. The Bertz CT molecular complexity index is 1060. The van der Waals surface area contributed by atoms with Crippen molar-refractivity contribution in [1.29, 1.82) is 0 Å². The molecule has 0 unspecified atom stereocenters. The molecular formula is C15H6Cl2F9N3O. The van der Waals surface area contributed by atoms with Crippen molar-refractivity contribution in [3.63, 3.8) is 0 Å². The number of hydrogen-bond acceptors (Lipinski definition) is 3. The van der Waals surface area contributed by atoms with Gasteiger partial charge in [-0.3, -0.25) is 9.36 Å². The molecule has 1 aromatic heterocycles. The van der Waals surface area contributed by atoms with E-state index in [1.54, 1.807) is 5.32 Å². The fourth-order valence-electron chi connectivity index (χ4n) is 2.16. The number of alkyl halides is 9. The molecule has 2 rings (SSSR count). The van der Waals surface area contributed by atoms with Gasteiger partial charge in [-0.25, -0.2) is 4.98 Å². The predicted octanol–water partition coefficient (Wildman–Crippen LogP) is 6.45. The molecule has 2 aromatic rings. The number of aromatic nitrogens is 2. The first-order valence-corrected chi connectivity index (χ1v) is 8.00. The smallest absolute Gasteiger partial charge is 0.324 e. The van der Waals surface area contributed by atoms with Crippen LogP contribution in [0.2, 0.25) is 10.0 Å². The Labute approximate surface area is 170 Å². The van der Waals surface area contributed by atoms with E-state index in [1.165, 1.54) is 0 Å². The standard InChI is InChI=1S/C15H6Cl2F9N3O/c1-2-29-11(30)9(17)10(15(24,25)26)28-12(29)27-7-4-5(13(18,19)20)3-6(8(7)16)14(21,22)23/h2-4H,1H2,(H,27,28). The van der Waals surface area contributed by atoms with Crippen molar-refractivity contribution in [2.75, 3.05) is 5.32 Å². The van der Waals surface area contributed by atoms with Gasteiger partial charge in [0, 0.05) is 6.20 Å². The molecule has 0 saturated carbocycles. The van der Waals surface area contributed by atoms with Crippen LogP contribution < -0.4 is 10.9 Å². The number of benzene rings is 1. The maximum atomic E-state index is 13.1. The zero-order valence-electron chi connectivity index (χ0n) is 13.9. The van der Waals surface area contributed by atoms with Crippen molar-refractivity contribution >= 4 is 41.0 Å². The number of hydrogen-bond donors (Lipinski definition) is 1. The summed E-state index contributed by atoms with van der Waals surface area (Å²) in [5.41, 5.74) is -8.29. The molecule has 164 valence electrons. The third kappa shape index (κ3) is 4.67. The Morgan fingerprint density at radius 3 is 1.93 bits per heavy atom. The van der Waals surface area contributed by atoms with Crippen molar-refractivity contribution in [3.8, 4) is 0 Å². The lowest BCUT2D eigenvalue weighted by Crippen LogP contribution is -2.26. The molecule has 0 saturated heterocycles. The summed E-state index contributed by atoms with van der Waals surface area (Å²) < 4.78 is 118. The van der Waals surface area contributed by atoms with Gasteiger partial charge in [0.25, 0.3) is 5.56 Å². The molecule has 0 fully saturated rings. The monoisotopic (exact) mass is 485 g/mol. The van der Waals surface area contributed by atoms with E-state index < -0.39 is 62.6 Å². The molecule has 1 N–H and O–H groups in total. The number of anilines is 2. The largest absolute Gasteiger partial charge is 0.435 e. The van der Waals surface area contributed by atoms with Crippen LogP contribution in [0.5, 0.6) is 0 Å². The molecule has 0 aliphatic heterocycles. The summed E-state index contributed by atoms with van der Waals surface area (Å²) in [5, 5.41) is -0.904. The van der Waals surface area contributed by atoms with Crippen LogP contribution >= 0.6 is 23.2 Å². The second kappa shape index (κ2) is 7.69. The van der Waals surface area contributed by atoms with Crippen LogP contribution in [-0.4, -0.2) is 9.55 Å². The van der Waals surface area contributed by atoms with Gasteiger partial charge in [0.1, 0.15) is 5.02 Å². The number of rotatable bonds is 3. The maximum absolute atomic E-state index is 13.1. The molecule has 0 spiro atoms. The zero-order chi connectivity index (χ0) is 23.2. The van der Waals surface area contributed by atoms with Crippen LogP contribution in [-0.2, 0) is 18.5 Å². The van der Waals surface area contributed by atoms with Gasteiger partial charge >= 0.3 is 18.5 Å². The van der Waals surface area contributed by atoms with E-state index in [9.17, 15) is 44.3 Å². The quantitative estimate of drug-likeness (QED) is 0.508. The van der Waals surface area contributed by atoms with Gasteiger partial charge in [0.15, 0.2) is 5.69 Å². The summed E-state index contributed by atoms with van der Waals surface area (Å²) in [4.78, 5) is 15.0. The molecule has 0 bridgehead atoms. The molecule has 0 atom stereocenters.